The fourth-order valence-corrected chi connectivity index (χ4v) is 0.992. The van der Waals surface area contributed by atoms with Crippen molar-refractivity contribution in [2.75, 3.05) is 27.4 Å². The van der Waals surface area contributed by atoms with Gasteiger partial charge >= 0.3 is 0 Å². The molecule has 3 heteroatoms. The molecule has 1 aromatic carbocycles. The second kappa shape index (κ2) is 9.34. The molecule has 0 radical (unpaired) electrons. The van der Waals surface area contributed by atoms with E-state index in [1.165, 1.54) is 0 Å². The fourth-order valence-electron chi connectivity index (χ4n) is 0.992. The van der Waals surface area contributed by atoms with Crippen molar-refractivity contribution in [3.63, 3.8) is 0 Å². The maximum atomic E-state index is 5.01. The summed E-state index contributed by atoms with van der Waals surface area (Å²) in [5.74, 6) is 1.54. The lowest BCUT2D eigenvalue weighted by Crippen LogP contribution is -1.88. The minimum absolute atomic E-state index is 0.769. The van der Waals surface area contributed by atoms with Crippen LogP contribution in [-0.4, -0.2) is 27.4 Å². The molecule has 3 nitrogen and oxygen atoms in total. The normalized spacial score (nSPS) is 8.80. The number of hydrogen-bond acceptors (Lipinski definition) is 3. The highest BCUT2D eigenvalue weighted by Gasteiger charge is 1.97. The third-order valence-electron chi connectivity index (χ3n) is 1.70. The maximum Gasteiger partial charge on any atom is 0.160 e. The van der Waals surface area contributed by atoms with Crippen LogP contribution in [0.3, 0.4) is 0 Å². The summed E-state index contributed by atoms with van der Waals surface area (Å²) in [5.41, 5.74) is 0. The summed E-state index contributed by atoms with van der Waals surface area (Å²) < 4.78 is 14.9. The quantitative estimate of drug-likeness (QED) is 0.768. The van der Waals surface area contributed by atoms with Crippen LogP contribution >= 0.6 is 0 Å². The maximum absolute atomic E-state index is 5.01. The van der Waals surface area contributed by atoms with Gasteiger partial charge in [-0.15, -0.1) is 0 Å². The Kier molecular flexibility index (Phi) is 8.58. The molecule has 0 spiro atoms. The molecule has 0 heterocycles. The molecule has 0 saturated heterocycles. The number of rotatable bonds is 4. The van der Waals surface area contributed by atoms with Crippen LogP contribution in [0.25, 0.3) is 0 Å². The molecule has 0 N–H and O–H groups in total. The van der Waals surface area contributed by atoms with Gasteiger partial charge in [-0.25, -0.2) is 0 Å². The monoisotopic (exact) mass is 212 g/mol. The van der Waals surface area contributed by atoms with E-state index in [0.717, 1.165) is 24.7 Å². The van der Waals surface area contributed by atoms with Crippen molar-refractivity contribution in [1.82, 2.24) is 0 Å². The van der Waals surface area contributed by atoms with Crippen molar-refractivity contribution in [3.05, 3.63) is 24.3 Å². The van der Waals surface area contributed by atoms with Gasteiger partial charge in [0.05, 0.1) is 14.2 Å². The van der Waals surface area contributed by atoms with E-state index in [1.807, 2.05) is 38.1 Å². The van der Waals surface area contributed by atoms with E-state index in [-0.39, 0.29) is 0 Å². The van der Waals surface area contributed by atoms with E-state index in [9.17, 15) is 0 Å². The third-order valence-corrected chi connectivity index (χ3v) is 1.70. The van der Waals surface area contributed by atoms with Gasteiger partial charge in [-0.3, -0.25) is 0 Å². The van der Waals surface area contributed by atoms with Crippen molar-refractivity contribution < 1.29 is 14.2 Å². The molecule has 0 saturated carbocycles. The van der Waals surface area contributed by atoms with E-state index in [0.29, 0.717) is 0 Å². The van der Waals surface area contributed by atoms with Crippen molar-refractivity contribution >= 4 is 0 Å². The predicted molar refractivity (Wildman–Crippen MR) is 61.7 cm³/mol. The number of hydrogen-bond donors (Lipinski definition) is 0. The third kappa shape index (κ3) is 5.96. The number of methoxy groups -OCH3 is 2. The second-order valence-electron chi connectivity index (χ2n) is 2.64. The van der Waals surface area contributed by atoms with Crippen LogP contribution in [0.5, 0.6) is 11.5 Å². The summed E-state index contributed by atoms with van der Waals surface area (Å²) in [6, 6.07) is 7.53. The molecule has 0 aliphatic rings. The van der Waals surface area contributed by atoms with Gasteiger partial charge in [0.1, 0.15) is 0 Å². The Hall–Kier alpha value is -1.22. The van der Waals surface area contributed by atoms with Crippen molar-refractivity contribution in [2.45, 2.75) is 13.8 Å². The van der Waals surface area contributed by atoms with Crippen LogP contribution in [-0.2, 0) is 4.74 Å². The summed E-state index contributed by atoms with van der Waals surface area (Å²) >= 11 is 0. The molecule has 1 rings (SSSR count). The Labute approximate surface area is 92.0 Å². The van der Waals surface area contributed by atoms with E-state index in [2.05, 4.69) is 0 Å². The van der Waals surface area contributed by atoms with Gasteiger partial charge in [0.15, 0.2) is 11.5 Å². The zero-order valence-electron chi connectivity index (χ0n) is 9.95. The van der Waals surface area contributed by atoms with Crippen LogP contribution in [0, 0.1) is 0 Å². The van der Waals surface area contributed by atoms with Gasteiger partial charge < -0.3 is 14.2 Å². The predicted octanol–water partition coefficient (Wildman–Crippen LogP) is 2.75. The minimum atomic E-state index is 0.769. The van der Waals surface area contributed by atoms with Crippen LogP contribution < -0.4 is 9.47 Å². The average molecular weight is 212 g/mol. The van der Waals surface area contributed by atoms with Crippen molar-refractivity contribution in [1.29, 1.82) is 0 Å². The molecule has 0 bridgehead atoms. The lowest BCUT2D eigenvalue weighted by atomic mass is 10.3. The van der Waals surface area contributed by atoms with Crippen molar-refractivity contribution in [2.24, 2.45) is 0 Å². The zero-order chi connectivity index (χ0) is 11.5. The SMILES string of the molecule is CCOCC.COc1ccccc1OC. The highest BCUT2D eigenvalue weighted by molar-refractivity contribution is 5.38. The Morgan fingerprint density at radius 2 is 1.27 bits per heavy atom. The second-order valence-corrected chi connectivity index (χ2v) is 2.64. The highest BCUT2D eigenvalue weighted by Crippen LogP contribution is 2.24. The first-order valence-electron chi connectivity index (χ1n) is 5.04. The van der Waals surface area contributed by atoms with E-state index in [1.54, 1.807) is 14.2 Å². The largest absolute Gasteiger partial charge is 0.493 e. The van der Waals surface area contributed by atoms with Crippen molar-refractivity contribution in [3.8, 4) is 11.5 Å². The molecule has 0 unspecified atom stereocenters. The summed E-state index contributed by atoms with van der Waals surface area (Å²) in [5, 5.41) is 0. The Bertz CT molecular complexity index is 223. The van der Waals surface area contributed by atoms with Gasteiger partial charge in [0, 0.05) is 13.2 Å². The lowest BCUT2D eigenvalue weighted by Gasteiger charge is -2.04. The van der Waals surface area contributed by atoms with Crippen LogP contribution in [0.2, 0.25) is 0 Å². The molecule has 0 aliphatic carbocycles. The summed E-state index contributed by atoms with van der Waals surface area (Å²) in [4.78, 5) is 0. The molecule has 0 amide bonds. The highest BCUT2D eigenvalue weighted by atomic mass is 16.5. The number of para-hydroxylation sites is 2. The van der Waals surface area contributed by atoms with E-state index < -0.39 is 0 Å². The molecule has 15 heavy (non-hydrogen) atoms. The summed E-state index contributed by atoms with van der Waals surface area (Å²) in [7, 11) is 3.25. The van der Waals surface area contributed by atoms with Crippen LogP contribution in [0.4, 0.5) is 0 Å². The van der Waals surface area contributed by atoms with Crippen LogP contribution in [0.15, 0.2) is 24.3 Å². The van der Waals surface area contributed by atoms with Gasteiger partial charge in [0.2, 0.25) is 0 Å². The van der Waals surface area contributed by atoms with Gasteiger partial charge in [-0.05, 0) is 26.0 Å². The number of ether oxygens (including phenoxy) is 3. The standard InChI is InChI=1S/C8H10O2.C4H10O/c1-9-7-5-3-4-6-8(7)10-2;1-3-5-4-2/h3-6H,1-2H3;3-4H2,1-2H3. The topological polar surface area (TPSA) is 27.7 Å². The Morgan fingerprint density at radius 3 is 1.47 bits per heavy atom. The smallest absolute Gasteiger partial charge is 0.160 e. The first-order valence-corrected chi connectivity index (χ1v) is 5.04. The fraction of sp³-hybridized carbons (Fsp3) is 0.500. The summed E-state index contributed by atoms with van der Waals surface area (Å²) in [6.07, 6.45) is 0. The lowest BCUT2D eigenvalue weighted by molar-refractivity contribution is 0.162. The minimum Gasteiger partial charge on any atom is -0.493 e. The first kappa shape index (κ1) is 13.8. The zero-order valence-corrected chi connectivity index (χ0v) is 9.95. The molecule has 0 aliphatic heterocycles. The molecule has 0 atom stereocenters. The van der Waals surface area contributed by atoms with Gasteiger partial charge in [0.25, 0.3) is 0 Å². The number of benzene rings is 1. The average Bonchev–Trinajstić information content (AvgIpc) is 2.31. The summed E-state index contributed by atoms with van der Waals surface area (Å²) in [6.45, 7) is 5.67. The van der Waals surface area contributed by atoms with Gasteiger partial charge in [-0.2, -0.15) is 0 Å². The molecular weight excluding hydrogens is 192 g/mol. The molecule has 86 valence electrons. The first-order chi connectivity index (χ1) is 7.29. The molecule has 1 aromatic rings. The van der Waals surface area contributed by atoms with E-state index in [4.69, 9.17) is 14.2 Å². The van der Waals surface area contributed by atoms with E-state index >= 15 is 0 Å². The van der Waals surface area contributed by atoms with Gasteiger partial charge in [-0.1, -0.05) is 12.1 Å². The molecule has 0 aromatic heterocycles. The molecule has 0 fully saturated rings. The Morgan fingerprint density at radius 1 is 0.867 bits per heavy atom. The Balaban J connectivity index is 0.000000336. The van der Waals surface area contributed by atoms with Crippen LogP contribution in [0.1, 0.15) is 13.8 Å². The molecular formula is C12H20O3.